The lowest BCUT2D eigenvalue weighted by Gasteiger charge is -2.41. The monoisotopic (exact) mass is 511 g/mol. The van der Waals surface area contributed by atoms with Gasteiger partial charge in [-0.15, -0.1) is 0 Å². The quantitative estimate of drug-likeness (QED) is 0.519. The predicted octanol–water partition coefficient (Wildman–Crippen LogP) is 4.52. The maximum absolute atomic E-state index is 14.6. The summed E-state index contributed by atoms with van der Waals surface area (Å²) in [5, 5.41) is 2.82. The fourth-order valence-electron chi connectivity index (χ4n) is 4.94. The molecule has 0 aromatic heterocycles. The lowest BCUT2D eigenvalue weighted by atomic mass is 9.91. The maximum Gasteiger partial charge on any atom is 0.421 e. The minimum Gasteiger partial charge on any atom is -0.363 e. The van der Waals surface area contributed by atoms with Crippen molar-refractivity contribution in [2.75, 3.05) is 6.61 Å². The highest BCUT2D eigenvalue weighted by Crippen LogP contribution is 2.44. The highest BCUT2D eigenvalue weighted by atomic mass is 19.4. The number of nitrogens with one attached hydrogen (secondary N) is 3. The van der Waals surface area contributed by atoms with E-state index in [2.05, 4.69) is 16.2 Å². The number of rotatable bonds is 3. The van der Waals surface area contributed by atoms with Crippen LogP contribution in [0, 0.1) is 5.92 Å². The molecule has 4 rings (SSSR count). The second-order valence-electron chi connectivity index (χ2n) is 9.34. The number of hydrazine groups is 1. The summed E-state index contributed by atoms with van der Waals surface area (Å²) in [6.07, 6.45) is -11.9. The molecule has 0 amide bonds. The summed E-state index contributed by atoms with van der Waals surface area (Å²) in [6, 6.07) is 7.88. The van der Waals surface area contributed by atoms with Crippen molar-refractivity contribution in [2.24, 2.45) is 5.92 Å². The fraction of sp³-hybridized carbons (Fsp3) is 0.739. The molecule has 3 aliphatic rings. The standard InChI is InChI=1S/C23H31F6N3O3/c24-22(25,26)16-10-11-17-19-31-32-20(35-19)21(23(27,28)29,34-14-15-8-4-3-5-9-15)12-6-1-2-7-13-33-18(16)30-17/h3-5,8-9,16-20,30-32H,1-2,6-7,10-14H2/t16?,17?,18?,19?,20?,21-/m1/s1. The van der Waals surface area contributed by atoms with Gasteiger partial charge in [0.1, 0.15) is 12.5 Å². The topological polar surface area (TPSA) is 63.8 Å². The molecule has 3 heterocycles. The molecule has 5 unspecified atom stereocenters. The van der Waals surface area contributed by atoms with Crippen molar-refractivity contribution in [2.45, 2.75) is 94.2 Å². The van der Waals surface area contributed by atoms with Crippen LogP contribution in [-0.4, -0.2) is 49.3 Å². The number of hydrogen-bond acceptors (Lipinski definition) is 6. The van der Waals surface area contributed by atoms with Gasteiger partial charge in [0, 0.05) is 6.61 Å². The zero-order valence-corrected chi connectivity index (χ0v) is 19.1. The van der Waals surface area contributed by atoms with E-state index in [0.29, 0.717) is 24.8 Å². The lowest BCUT2D eigenvalue weighted by molar-refractivity contribution is -0.321. The van der Waals surface area contributed by atoms with E-state index in [0.717, 1.165) is 0 Å². The molecule has 35 heavy (non-hydrogen) atoms. The van der Waals surface area contributed by atoms with Crippen LogP contribution in [0.1, 0.15) is 50.5 Å². The van der Waals surface area contributed by atoms with Gasteiger partial charge in [0.05, 0.1) is 18.6 Å². The number of ether oxygens (including phenoxy) is 3. The Morgan fingerprint density at radius 1 is 0.914 bits per heavy atom. The Hall–Kier alpha value is -1.44. The molecule has 6 nitrogen and oxygen atoms in total. The van der Waals surface area contributed by atoms with E-state index < -0.39 is 48.6 Å². The van der Waals surface area contributed by atoms with Gasteiger partial charge >= 0.3 is 12.4 Å². The molecule has 1 aromatic carbocycles. The van der Waals surface area contributed by atoms with Crippen LogP contribution >= 0.6 is 0 Å². The fourth-order valence-corrected chi connectivity index (χ4v) is 4.94. The summed E-state index contributed by atoms with van der Waals surface area (Å²) >= 11 is 0. The molecule has 3 fully saturated rings. The average Bonchev–Trinajstić information content (AvgIpc) is 3.29. The van der Waals surface area contributed by atoms with E-state index in [4.69, 9.17) is 14.2 Å². The van der Waals surface area contributed by atoms with Crippen molar-refractivity contribution in [1.29, 1.82) is 0 Å². The van der Waals surface area contributed by atoms with Crippen LogP contribution in [0.5, 0.6) is 0 Å². The third-order valence-electron chi connectivity index (χ3n) is 6.94. The molecule has 3 N–H and O–H groups in total. The van der Waals surface area contributed by atoms with Crippen molar-refractivity contribution in [3.05, 3.63) is 35.9 Å². The summed E-state index contributed by atoms with van der Waals surface area (Å²) in [4.78, 5) is 0. The SMILES string of the molecule is FC(F)(F)C1CCC2NC1OCCCCCC[C@](OCc1ccccc1)(C(F)(F)F)C1NNC2O1. The largest absolute Gasteiger partial charge is 0.421 e. The van der Waals surface area contributed by atoms with Gasteiger partial charge in [-0.05, 0) is 31.2 Å². The van der Waals surface area contributed by atoms with Crippen molar-refractivity contribution in [3.63, 3.8) is 0 Å². The van der Waals surface area contributed by atoms with Gasteiger partial charge in [-0.25, -0.2) is 10.9 Å². The average molecular weight is 512 g/mol. The van der Waals surface area contributed by atoms with Gasteiger partial charge in [-0.1, -0.05) is 49.6 Å². The Morgan fingerprint density at radius 3 is 2.37 bits per heavy atom. The molecule has 4 bridgehead atoms. The minimum atomic E-state index is -4.76. The number of hydrogen-bond donors (Lipinski definition) is 3. The van der Waals surface area contributed by atoms with Crippen molar-refractivity contribution in [3.8, 4) is 0 Å². The number of benzene rings is 1. The van der Waals surface area contributed by atoms with Crippen molar-refractivity contribution in [1.82, 2.24) is 16.2 Å². The zero-order valence-electron chi connectivity index (χ0n) is 19.1. The summed E-state index contributed by atoms with van der Waals surface area (Å²) in [6.45, 7) is -0.177. The summed E-state index contributed by atoms with van der Waals surface area (Å²) in [7, 11) is 0. The normalized spacial score (nSPS) is 35.4. The number of halogens is 6. The number of piperidine rings is 1. The molecule has 12 heteroatoms. The van der Waals surface area contributed by atoms with E-state index in [-0.39, 0.29) is 38.9 Å². The van der Waals surface area contributed by atoms with Crippen LogP contribution in [0.3, 0.4) is 0 Å². The number of alkyl halides is 6. The second kappa shape index (κ2) is 10.9. The lowest BCUT2D eigenvalue weighted by Crippen LogP contribution is -2.61. The smallest absolute Gasteiger partial charge is 0.363 e. The third kappa shape index (κ3) is 6.11. The third-order valence-corrected chi connectivity index (χ3v) is 6.94. The first-order chi connectivity index (χ1) is 16.6. The van der Waals surface area contributed by atoms with Gasteiger partial charge < -0.3 is 14.2 Å². The highest BCUT2D eigenvalue weighted by molar-refractivity contribution is 5.14. The van der Waals surface area contributed by atoms with Gasteiger partial charge in [-0.3, -0.25) is 5.32 Å². The summed E-state index contributed by atoms with van der Waals surface area (Å²) in [5.41, 5.74) is 3.24. The first-order valence-corrected chi connectivity index (χ1v) is 12.0. The molecule has 0 aliphatic carbocycles. The minimum absolute atomic E-state index is 0.0555. The second-order valence-corrected chi connectivity index (χ2v) is 9.34. The first-order valence-electron chi connectivity index (χ1n) is 12.0. The molecule has 0 spiro atoms. The van der Waals surface area contributed by atoms with Crippen LogP contribution in [-0.2, 0) is 20.8 Å². The van der Waals surface area contributed by atoms with E-state index in [1.54, 1.807) is 30.3 Å². The molecule has 0 radical (unpaired) electrons. The Morgan fingerprint density at radius 2 is 1.66 bits per heavy atom. The van der Waals surface area contributed by atoms with Gasteiger partial charge in [0.15, 0.2) is 6.23 Å². The molecule has 3 aliphatic heterocycles. The molecular formula is C23H31F6N3O3. The predicted molar refractivity (Wildman–Crippen MR) is 113 cm³/mol. The zero-order chi connectivity index (χ0) is 25.1. The Balaban J connectivity index is 1.57. The Labute approximate surface area is 200 Å². The highest BCUT2D eigenvalue weighted by Gasteiger charge is 2.63. The van der Waals surface area contributed by atoms with Gasteiger partial charge in [0.25, 0.3) is 0 Å². The Kier molecular flexibility index (Phi) is 8.29. The van der Waals surface area contributed by atoms with E-state index >= 15 is 0 Å². The molecule has 1 aromatic rings. The van der Waals surface area contributed by atoms with Crippen LogP contribution in [0.4, 0.5) is 26.3 Å². The van der Waals surface area contributed by atoms with Crippen molar-refractivity contribution < 1.29 is 40.6 Å². The van der Waals surface area contributed by atoms with E-state index in [1.807, 2.05) is 0 Å². The molecule has 0 saturated carbocycles. The van der Waals surface area contributed by atoms with Crippen molar-refractivity contribution >= 4 is 0 Å². The van der Waals surface area contributed by atoms with E-state index in [9.17, 15) is 26.3 Å². The maximum atomic E-state index is 14.6. The number of fused-ring (bicyclic) bond motifs is 5. The van der Waals surface area contributed by atoms with Gasteiger partial charge in [-0.2, -0.15) is 26.3 Å². The summed E-state index contributed by atoms with van der Waals surface area (Å²) < 4.78 is 101. The van der Waals surface area contributed by atoms with Crippen LogP contribution in [0.25, 0.3) is 0 Å². The van der Waals surface area contributed by atoms with E-state index in [1.165, 1.54) is 0 Å². The first kappa shape index (κ1) is 26.6. The molecular weight excluding hydrogens is 480 g/mol. The van der Waals surface area contributed by atoms with Gasteiger partial charge in [0.2, 0.25) is 5.60 Å². The Bertz CT molecular complexity index is 812. The summed E-state index contributed by atoms with van der Waals surface area (Å²) in [5.74, 6) is -1.69. The van der Waals surface area contributed by atoms with Crippen LogP contribution < -0.4 is 16.2 Å². The van der Waals surface area contributed by atoms with Crippen LogP contribution in [0.2, 0.25) is 0 Å². The molecule has 3 saturated heterocycles. The molecule has 6 atom stereocenters. The van der Waals surface area contributed by atoms with Crippen LogP contribution in [0.15, 0.2) is 30.3 Å². The molecule has 198 valence electrons.